The first kappa shape index (κ1) is 9.64. The van der Waals surface area contributed by atoms with E-state index in [-0.39, 0.29) is 11.5 Å². The van der Waals surface area contributed by atoms with Crippen LogP contribution in [0.3, 0.4) is 0 Å². The van der Waals surface area contributed by atoms with Gasteiger partial charge in [-0.25, -0.2) is 0 Å². The molecule has 4 saturated carbocycles. The van der Waals surface area contributed by atoms with Crippen LogP contribution in [0.15, 0.2) is 0 Å². The van der Waals surface area contributed by atoms with Crippen molar-refractivity contribution >= 4 is 5.97 Å². The Bertz CT molecular complexity index is 288. The molecule has 15 heavy (non-hydrogen) atoms. The number of aliphatic carboxylic acids is 1. The molecule has 0 spiro atoms. The van der Waals surface area contributed by atoms with Gasteiger partial charge >= 0.3 is 5.97 Å². The maximum atomic E-state index is 11.3. The first-order valence-corrected chi connectivity index (χ1v) is 6.08. The van der Waals surface area contributed by atoms with Crippen molar-refractivity contribution in [1.82, 2.24) is 0 Å². The summed E-state index contributed by atoms with van der Waals surface area (Å²) in [7, 11) is 0. The van der Waals surface area contributed by atoms with Crippen molar-refractivity contribution in [2.75, 3.05) is 0 Å². The van der Waals surface area contributed by atoms with Crippen molar-refractivity contribution in [2.24, 2.45) is 29.4 Å². The molecule has 4 fully saturated rings. The van der Waals surface area contributed by atoms with Crippen LogP contribution in [0.2, 0.25) is 0 Å². The summed E-state index contributed by atoms with van der Waals surface area (Å²) in [5, 5.41) is 9.30. The Morgan fingerprint density at radius 1 is 1.07 bits per heavy atom. The third-order valence-corrected chi connectivity index (χ3v) is 4.90. The lowest BCUT2D eigenvalue weighted by atomic mass is 9.64. The Balaban J connectivity index is 1.98. The third kappa shape index (κ3) is 1.40. The van der Waals surface area contributed by atoms with Gasteiger partial charge in [0.05, 0.1) is 5.92 Å². The van der Waals surface area contributed by atoms with Crippen LogP contribution in [0, 0.1) is 23.7 Å². The summed E-state index contributed by atoms with van der Waals surface area (Å²) < 4.78 is 0. The van der Waals surface area contributed by atoms with Gasteiger partial charge in [-0.15, -0.1) is 0 Å². The zero-order valence-electron chi connectivity index (χ0n) is 8.98. The summed E-state index contributed by atoms with van der Waals surface area (Å²) in [6, 6.07) is 0. The van der Waals surface area contributed by atoms with Crippen molar-refractivity contribution in [3.05, 3.63) is 0 Å². The maximum Gasteiger partial charge on any atom is 0.308 e. The number of carboxylic acid groups (broad SMARTS) is 1. The van der Waals surface area contributed by atoms with Gasteiger partial charge in [-0.1, -0.05) is 0 Å². The number of hydrogen-bond donors (Lipinski definition) is 2. The third-order valence-electron chi connectivity index (χ3n) is 4.90. The summed E-state index contributed by atoms with van der Waals surface area (Å²) in [4.78, 5) is 11.3. The summed E-state index contributed by atoms with van der Waals surface area (Å²) in [6.45, 7) is 0. The molecule has 0 aromatic rings. The number of rotatable bonds is 1. The predicted octanol–water partition coefficient (Wildman–Crippen LogP) is 1.61. The van der Waals surface area contributed by atoms with Gasteiger partial charge in [0.25, 0.3) is 0 Å². The standard InChI is InChI=1S/C12H19NO2/c13-12-5-8-1-7(2-9(3-8)6-12)4-10(12)11(14)15/h7-10H,1-6,13H2,(H,14,15). The van der Waals surface area contributed by atoms with E-state index in [4.69, 9.17) is 5.73 Å². The summed E-state index contributed by atoms with van der Waals surface area (Å²) in [5.41, 5.74) is 6.00. The minimum Gasteiger partial charge on any atom is -0.481 e. The second kappa shape index (κ2) is 2.97. The molecule has 0 aromatic heterocycles. The molecule has 3 nitrogen and oxygen atoms in total. The van der Waals surface area contributed by atoms with Crippen LogP contribution in [0.4, 0.5) is 0 Å². The van der Waals surface area contributed by atoms with E-state index >= 15 is 0 Å². The molecule has 0 heterocycles. The zero-order valence-corrected chi connectivity index (χ0v) is 8.98. The van der Waals surface area contributed by atoms with E-state index in [0.717, 1.165) is 31.1 Å². The van der Waals surface area contributed by atoms with Gasteiger partial charge in [0.2, 0.25) is 0 Å². The molecule has 3 unspecified atom stereocenters. The Hall–Kier alpha value is -0.570. The molecule has 4 aliphatic carbocycles. The average molecular weight is 209 g/mol. The largest absolute Gasteiger partial charge is 0.481 e. The minimum atomic E-state index is -0.661. The number of carbonyl (C=O) groups is 1. The quantitative estimate of drug-likeness (QED) is 0.689. The number of nitrogens with two attached hydrogens (primary N) is 1. The average Bonchev–Trinajstić information content (AvgIpc) is 2.25. The van der Waals surface area contributed by atoms with Crippen molar-refractivity contribution in [2.45, 2.75) is 44.1 Å². The lowest BCUT2D eigenvalue weighted by molar-refractivity contribution is -0.145. The first-order valence-electron chi connectivity index (χ1n) is 6.08. The van der Waals surface area contributed by atoms with Gasteiger partial charge in [-0.3, -0.25) is 4.79 Å². The van der Waals surface area contributed by atoms with Gasteiger partial charge in [-0.2, -0.15) is 0 Å². The lowest BCUT2D eigenvalue weighted by Crippen LogP contribution is -2.53. The van der Waals surface area contributed by atoms with E-state index in [2.05, 4.69) is 0 Å². The summed E-state index contributed by atoms with van der Waals surface area (Å²) in [5.74, 6) is 1.14. The second-order valence-electron chi connectivity index (χ2n) is 6.07. The van der Waals surface area contributed by atoms with E-state index < -0.39 is 5.97 Å². The van der Waals surface area contributed by atoms with Crippen molar-refractivity contribution in [1.29, 1.82) is 0 Å². The van der Waals surface area contributed by atoms with Crippen LogP contribution in [-0.2, 0) is 4.79 Å². The maximum absolute atomic E-state index is 11.3. The molecule has 0 aromatic carbocycles. The van der Waals surface area contributed by atoms with Crippen LogP contribution in [0.25, 0.3) is 0 Å². The van der Waals surface area contributed by atoms with Crippen molar-refractivity contribution < 1.29 is 9.90 Å². The fourth-order valence-electron chi connectivity index (χ4n) is 4.59. The van der Waals surface area contributed by atoms with Crippen LogP contribution < -0.4 is 5.73 Å². The first-order chi connectivity index (χ1) is 7.07. The van der Waals surface area contributed by atoms with Crippen LogP contribution in [0.5, 0.6) is 0 Å². The molecule has 3 atom stereocenters. The molecule has 4 aliphatic rings. The summed E-state index contributed by atoms with van der Waals surface area (Å²) >= 11 is 0. The Kier molecular flexibility index (Phi) is 1.91. The fourth-order valence-corrected chi connectivity index (χ4v) is 4.59. The number of fused-ring (bicyclic) bond motifs is 1. The Labute approximate surface area is 90.0 Å². The van der Waals surface area contributed by atoms with Crippen LogP contribution in [0.1, 0.15) is 38.5 Å². The van der Waals surface area contributed by atoms with Crippen LogP contribution >= 0.6 is 0 Å². The molecule has 3 heteroatoms. The van der Waals surface area contributed by atoms with Gasteiger partial charge in [-0.05, 0) is 56.3 Å². The highest BCUT2D eigenvalue weighted by atomic mass is 16.4. The van der Waals surface area contributed by atoms with E-state index in [0.29, 0.717) is 5.92 Å². The van der Waals surface area contributed by atoms with E-state index in [1.165, 1.54) is 19.3 Å². The van der Waals surface area contributed by atoms with Crippen molar-refractivity contribution in [3.63, 3.8) is 0 Å². The molecule has 0 amide bonds. The normalized spacial score (nSPS) is 52.9. The molecule has 0 saturated heterocycles. The van der Waals surface area contributed by atoms with Crippen LogP contribution in [-0.4, -0.2) is 16.6 Å². The highest BCUT2D eigenvalue weighted by Gasteiger charge is 2.52. The van der Waals surface area contributed by atoms with Crippen molar-refractivity contribution in [3.8, 4) is 0 Å². The van der Waals surface area contributed by atoms with Gasteiger partial charge in [0, 0.05) is 5.54 Å². The molecular formula is C12H19NO2. The molecule has 3 N–H and O–H groups in total. The predicted molar refractivity (Wildman–Crippen MR) is 56.2 cm³/mol. The Morgan fingerprint density at radius 3 is 2.13 bits per heavy atom. The molecule has 0 aliphatic heterocycles. The van der Waals surface area contributed by atoms with E-state index in [1.54, 1.807) is 0 Å². The van der Waals surface area contributed by atoms with Gasteiger partial charge in [0.1, 0.15) is 0 Å². The lowest BCUT2D eigenvalue weighted by Gasteiger charge is -2.44. The topological polar surface area (TPSA) is 63.3 Å². The minimum absolute atomic E-state index is 0.280. The molecule has 4 rings (SSSR count). The second-order valence-corrected chi connectivity index (χ2v) is 6.07. The molecular weight excluding hydrogens is 190 g/mol. The number of carboxylic acids is 1. The highest BCUT2D eigenvalue weighted by molar-refractivity contribution is 5.72. The Morgan fingerprint density at radius 2 is 1.60 bits per heavy atom. The zero-order chi connectivity index (χ0) is 10.6. The monoisotopic (exact) mass is 209 g/mol. The van der Waals surface area contributed by atoms with Gasteiger partial charge in [0.15, 0.2) is 0 Å². The molecule has 4 bridgehead atoms. The molecule has 0 radical (unpaired) electrons. The highest BCUT2D eigenvalue weighted by Crippen LogP contribution is 2.54. The fraction of sp³-hybridized carbons (Fsp3) is 0.917. The SMILES string of the molecule is NC12CC3CC(CC(C3)C1)CC2C(=O)O. The van der Waals surface area contributed by atoms with E-state index in [1.807, 2.05) is 0 Å². The summed E-state index contributed by atoms with van der Waals surface area (Å²) in [6.07, 6.45) is 6.52. The smallest absolute Gasteiger partial charge is 0.308 e. The molecule has 84 valence electrons. The van der Waals surface area contributed by atoms with E-state index in [9.17, 15) is 9.90 Å². The van der Waals surface area contributed by atoms with Gasteiger partial charge < -0.3 is 10.8 Å². The number of hydrogen-bond acceptors (Lipinski definition) is 2.